The summed E-state index contributed by atoms with van der Waals surface area (Å²) in [5.41, 5.74) is 1.78. The number of rotatable bonds is 6. The monoisotopic (exact) mass is 280 g/mol. The van der Waals surface area contributed by atoms with Crippen LogP contribution >= 0.6 is 12.2 Å². The SMILES string of the molecule is CCCCCCC(C)n1c(=S)[nH]c2ccc(F)cc21. The Labute approximate surface area is 118 Å². The average molecular weight is 280 g/mol. The first-order valence-corrected chi connectivity index (χ1v) is 7.44. The van der Waals surface area contributed by atoms with Crippen molar-refractivity contribution in [2.45, 2.75) is 52.0 Å². The van der Waals surface area contributed by atoms with Gasteiger partial charge < -0.3 is 9.55 Å². The summed E-state index contributed by atoms with van der Waals surface area (Å²) in [4.78, 5) is 3.15. The molecule has 0 fully saturated rings. The van der Waals surface area contributed by atoms with E-state index in [-0.39, 0.29) is 5.82 Å². The summed E-state index contributed by atoms with van der Waals surface area (Å²) in [7, 11) is 0. The zero-order chi connectivity index (χ0) is 13.8. The molecule has 4 heteroatoms. The van der Waals surface area contributed by atoms with Gasteiger partial charge in [0.05, 0.1) is 11.0 Å². The van der Waals surface area contributed by atoms with Crippen LogP contribution in [0.1, 0.15) is 52.0 Å². The molecule has 1 aromatic carbocycles. The number of benzene rings is 1. The Bertz CT molecular complexity index is 600. The van der Waals surface area contributed by atoms with Gasteiger partial charge in [0.2, 0.25) is 0 Å². The Morgan fingerprint density at radius 3 is 2.84 bits per heavy atom. The lowest BCUT2D eigenvalue weighted by atomic mass is 10.1. The first-order chi connectivity index (χ1) is 9.13. The van der Waals surface area contributed by atoms with Gasteiger partial charge in [-0.1, -0.05) is 32.6 Å². The number of aromatic amines is 1. The molecule has 1 aromatic heterocycles. The molecule has 1 atom stereocenters. The molecule has 1 unspecified atom stereocenters. The van der Waals surface area contributed by atoms with E-state index in [4.69, 9.17) is 12.2 Å². The van der Waals surface area contributed by atoms with Gasteiger partial charge in [-0.3, -0.25) is 0 Å². The summed E-state index contributed by atoms with van der Waals surface area (Å²) in [6.45, 7) is 4.36. The molecule has 0 aliphatic carbocycles. The normalized spacial score (nSPS) is 13.0. The minimum Gasteiger partial charge on any atom is -0.331 e. The highest BCUT2D eigenvalue weighted by atomic mass is 32.1. The number of nitrogens with one attached hydrogen (secondary N) is 1. The first kappa shape index (κ1) is 14.3. The first-order valence-electron chi connectivity index (χ1n) is 7.03. The fourth-order valence-corrected chi connectivity index (χ4v) is 2.92. The highest BCUT2D eigenvalue weighted by Crippen LogP contribution is 2.23. The summed E-state index contributed by atoms with van der Waals surface area (Å²) in [6.07, 6.45) is 6.05. The molecule has 0 bridgehead atoms. The van der Waals surface area contributed by atoms with Crippen molar-refractivity contribution >= 4 is 23.3 Å². The molecular formula is C15H21FN2S. The fourth-order valence-electron chi connectivity index (χ4n) is 2.53. The molecule has 0 spiro atoms. The second-order valence-corrected chi connectivity index (χ2v) is 5.55. The standard InChI is InChI=1S/C15H21FN2S/c1-3-4-5-6-7-11(2)18-14-10-12(16)8-9-13(14)17-15(18)19/h8-11H,3-7H2,1-2H3,(H,17,19). The Morgan fingerprint density at radius 1 is 1.32 bits per heavy atom. The molecule has 0 aliphatic rings. The summed E-state index contributed by atoms with van der Waals surface area (Å²) >= 11 is 5.36. The van der Waals surface area contributed by atoms with Gasteiger partial charge in [-0.2, -0.15) is 0 Å². The van der Waals surface area contributed by atoms with Crippen LogP contribution in [0, 0.1) is 10.6 Å². The molecule has 0 aliphatic heterocycles. The minimum absolute atomic E-state index is 0.214. The van der Waals surface area contributed by atoms with Gasteiger partial charge >= 0.3 is 0 Å². The molecule has 0 saturated carbocycles. The summed E-state index contributed by atoms with van der Waals surface area (Å²) in [6, 6.07) is 5.08. The van der Waals surface area contributed by atoms with Crippen molar-refractivity contribution in [3.05, 3.63) is 28.8 Å². The lowest BCUT2D eigenvalue weighted by Gasteiger charge is -2.14. The van der Waals surface area contributed by atoms with Crippen LogP contribution in [-0.2, 0) is 0 Å². The van der Waals surface area contributed by atoms with Crippen LogP contribution < -0.4 is 0 Å². The molecule has 1 N–H and O–H groups in total. The third-order valence-electron chi connectivity index (χ3n) is 3.60. The van der Waals surface area contributed by atoms with Crippen LogP contribution in [-0.4, -0.2) is 9.55 Å². The third-order valence-corrected chi connectivity index (χ3v) is 3.89. The highest BCUT2D eigenvalue weighted by Gasteiger charge is 2.11. The zero-order valence-corrected chi connectivity index (χ0v) is 12.4. The predicted molar refractivity (Wildman–Crippen MR) is 80.6 cm³/mol. The van der Waals surface area contributed by atoms with E-state index in [0.717, 1.165) is 17.5 Å². The van der Waals surface area contributed by atoms with E-state index in [9.17, 15) is 4.39 Å². The van der Waals surface area contributed by atoms with Crippen LogP contribution in [0.4, 0.5) is 4.39 Å². The lowest BCUT2D eigenvalue weighted by molar-refractivity contribution is 0.477. The number of nitrogens with zero attached hydrogens (tertiary/aromatic N) is 1. The number of unbranched alkanes of at least 4 members (excludes halogenated alkanes) is 3. The van der Waals surface area contributed by atoms with Crippen LogP contribution in [0.15, 0.2) is 18.2 Å². The molecule has 2 nitrogen and oxygen atoms in total. The van der Waals surface area contributed by atoms with Crippen molar-refractivity contribution < 1.29 is 4.39 Å². The van der Waals surface area contributed by atoms with Gasteiger partial charge in [0.15, 0.2) is 4.77 Å². The van der Waals surface area contributed by atoms with Crippen LogP contribution in [0.3, 0.4) is 0 Å². The molecule has 2 rings (SSSR count). The number of halogens is 1. The van der Waals surface area contributed by atoms with E-state index < -0.39 is 0 Å². The molecule has 2 aromatic rings. The Balaban J connectivity index is 2.21. The summed E-state index contributed by atoms with van der Waals surface area (Å²) in [5.74, 6) is -0.214. The van der Waals surface area contributed by atoms with Gasteiger partial charge in [0.1, 0.15) is 5.82 Å². The van der Waals surface area contributed by atoms with Gasteiger partial charge in [-0.25, -0.2) is 4.39 Å². The maximum absolute atomic E-state index is 13.4. The number of hydrogen-bond donors (Lipinski definition) is 1. The topological polar surface area (TPSA) is 20.7 Å². The molecule has 1 heterocycles. The van der Waals surface area contributed by atoms with Crippen molar-refractivity contribution in [3.63, 3.8) is 0 Å². The summed E-state index contributed by atoms with van der Waals surface area (Å²) < 4.78 is 16.1. The predicted octanol–water partition coefficient (Wildman–Crippen LogP) is 5.37. The minimum atomic E-state index is -0.214. The van der Waals surface area contributed by atoms with E-state index in [1.165, 1.54) is 31.7 Å². The second-order valence-electron chi connectivity index (χ2n) is 5.16. The summed E-state index contributed by atoms with van der Waals surface area (Å²) in [5, 5.41) is 0. The van der Waals surface area contributed by atoms with E-state index >= 15 is 0 Å². The lowest BCUT2D eigenvalue weighted by Crippen LogP contribution is -2.05. The Morgan fingerprint density at radius 2 is 2.11 bits per heavy atom. The second kappa shape index (κ2) is 6.33. The van der Waals surface area contributed by atoms with Crippen molar-refractivity contribution in [1.82, 2.24) is 9.55 Å². The maximum atomic E-state index is 13.4. The number of H-pyrrole nitrogens is 1. The van der Waals surface area contributed by atoms with Crippen molar-refractivity contribution in [2.24, 2.45) is 0 Å². The average Bonchev–Trinajstić information content (AvgIpc) is 2.70. The van der Waals surface area contributed by atoms with Crippen molar-refractivity contribution in [2.75, 3.05) is 0 Å². The molecule has 0 radical (unpaired) electrons. The van der Waals surface area contributed by atoms with Crippen LogP contribution in [0.2, 0.25) is 0 Å². The van der Waals surface area contributed by atoms with E-state index in [1.807, 2.05) is 4.57 Å². The molecule has 0 amide bonds. The van der Waals surface area contributed by atoms with Crippen molar-refractivity contribution in [3.8, 4) is 0 Å². The maximum Gasteiger partial charge on any atom is 0.178 e. The third kappa shape index (κ3) is 3.24. The highest BCUT2D eigenvalue weighted by molar-refractivity contribution is 7.71. The number of imidazole rings is 1. The fraction of sp³-hybridized carbons (Fsp3) is 0.533. The largest absolute Gasteiger partial charge is 0.331 e. The number of hydrogen-bond acceptors (Lipinski definition) is 1. The van der Waals surface area contributed by atoms with E-state index in [1.54, 1.807) is 12.1 Å². The molecule has 0 saturated heterocycles. The zero-order valence-electron chi connectivity index (χ0n) is 11.6. The Kier molecular flexibility index (Phi) is 4.75. The van der Waals surface area contributed by atoms with Crippen LogP contribution in [0.5, 0.6) is 0 Å². The van der Waals surface area contributed by atoms with Gasteiger partial charge in [0, 0.05) is 6.04 Å². The van der Waals surface area contributed by atoms with Crippen molar-refractivity contribution in [1.29, 1.82) is 0 Å². The van der Waals surface area contributed by atoms with Gasteiger partial charge in [-0.15, -0.1) is 0 Å². The van der Waals surface area contributed by atoms with E-state index in [2.05, 4.69) is 18.8 Å². The number of aromatic nitrogens is 2. The molecule has 104 valence electrons. The molecule has 19 heavy (non-hydrogen) atoms. The number of fused-ring (bicyclic) bond motifs is 1. The van der Waals surface area contributed by atoms with Crippen LogP contribution in [0.25, 0.3) is 11.0 Å². The molecular weight excluding hydrogens is 259 g/mol. The Hall–Kier alpha value is -1.16. The van der Waals surface area contributed by atoms with Gasteiger partial charge in [0.25, 0.3) is 0 Å². The van der Waals surface area contributed by atoms with E-state index in [0.29, 0.717) is 10.8 Å². The quantitative estimate of drug-likeness (QED) is 0.557. The smallest absolute Gasteiger partial charge is 0.178 e. The van der Waals surface area contributed by atoms with Gasteiger partial charge in [-0.05, 0) is 43.8 Å².